The van der Waals surface area contributed by atoms with Crippen molar-refractivity contribution in [3.05, 3.63) is 53.1 Å². The smallest absolute Gasteiger partial charge is 0.323 e. The van der Waals surface area contributed by atoms with Crippen molar-refractivity contribution in [3.63, 3.8) is 0 Å². The van der Waals surface area contributed by atoms with E-state index in [2.05, 4.69) is 0 Å². The van der Waals surface area contributed by atoms with Gasteiger partial charge in [0, 0.05) is 5.56 Å². The summed E-state index contributed by atoms with van der Waals surface area (Å²) in [6.45, 7) is -0.532. The lowest BCUT2D eigenvalue weighted by Crippen LogP contribution is -2.49. The van der Waals surface area contributed by atoms with Gasteiger partial charge in [0.15, 0.2) is 11.5 Å². The first-order valence-corrected chi connectivity index (χ1v) is 8.19. The van der Waals surface area contributed by atoms with Crippen LogP contribution in [0.15, 0.2) is 36.4 Å². The Kier molecular flexibility index (Phi) is 3.76. The quantitative estimate of drug-likeness (QED) is 0.885. The number of carboxylic acids is 1. The molecule has 138 valence electrons. The predicted molar refractivity (Wildman–Crippen MR) is 94.2 cm³/mol. The van der Waals surface area contributed by atoms with E-state index in [1.165, 1.54) is 24.0 Å². The first-order valence-electron chi connectivity index (χ1n) is 8.19. The van der Waals surface area contributed by atoms with E-state index in [-0.39, 0.29) is 22.8 Å². The molecule has 0 saturated heterocycles. The molecule has 2 aliphatic rings. The monoisotopic (exact) mass is 368 g/mol. The molecule has 0 bridgehead atoms. The van der Waals surface area contributed by atoms with Crippen LogP contribution >= 0.6 is 0 Å². The van der Waals surface area contributed by atoms with Gasteiger partial charge in [-0.05, 0) is 18.2 Å². The van der Waals surface area contributed by atoms with Crippen molar-refractivity contribution < 1.29 is 29.0 Å². The predicted octanol–water partition coefficient (Wildman–Crippen LogP) is 1.90. The summed E-state index contributed by atoms with van der Waals surface area (Å²) in [5, 5.41) is 9.31. The van der Waals surface area contributed by atoms with Gasteiger partial charge >= 0.3 is 5.97 Å². The zero-order valence-corrected chi connectivity index (χ0v) is 14.6. The lowest BCUT2D eigenvalue weighted by Gasteiger charge is -2.40. The van der Waals surface area contributed by atoms with Crippen LogP contribution in [0.5, 0.6) is 11.5 Å². The van der Waals surface area contributed by atoms with Crippen LogP contribution in [0.1, 0.15) is 32.4 Å². The third-order valence-electron chi connectivity index (χ3n) is 4.79. The normalized spacial score (nSPS) is 17.3. The lowest BCUT2D eigenvalue weighted by molar-refractivity contribution is -0.138. The molecule has 4 rings (SSSR count). The van der Waals surface area contributed by atoms with Crippen molar-refractivity contribution in [1.82, 2.24) is 4.90 Å². The second-order valence-corrected chi connectivity index (χ2v) is 6.16. The second kappa shape index (κ2) is 6.01. The van der Waals surface area contributed by atoms with E-state index in [1.54, 1.807) is 36.4 Å². The molecule has 2 aromatic rings. The Morgan fingerprint density at radius 1 is 1.07 bits per heavy atom. The number of amides is 2. The number of carboxylic acid groups (broad SMARTS) is 1. The molecule has 1 N–H and O–H groups in total. The first kappa shape index (κ1) is 16.9. The Bertz CT molecular complexity index is 986. The third kappa shape index (κ3) is 2.26. The zero-order chi connectivity index (χ0) is 19.3. The number of hydrogen-bond acceptors (Lipinski definition) is 5. The van der Waals surface area contributed by atoms with Crippen LogP contribution in [0.25, 0.3) is 0 Å². The number of benzene rings is 2. The maximum atomic E-state index is 13.3. The molecule has 0 spiro atoms. The van der Waals surface area contributed by atoms with Crippen molar-refractivity contribution >= 4 is 23.5 Å². The number of fused-ring (bicyclic) bond motifs is 5. The topological polar surface area (TPSA) is 96.4 Å². The fourth-order valence-corrected chi connectivity index (χ4v) is 3.73. The van der Waals surface area contributed by atoms with Crippen LogP contribution in [-0.2, 0) is 4.79 Å². The minimum absolute atomic E-state index is 0.259. The second-order valence-electron chi connectivity index (χ2n) is 6.16. The average molecular weight is 368 g/mol. The molecule has 2 aliphatic heterocycles. The Morgan fingerprint density at radius 2 is 1.81 bits per heavy atom. The largest absolute Gasteiger partial charge is 0.493 e. The number of carbonyl (C=O) groups excluding carboxylic acids is 2. The molecule has 1 atom stereocenters. The molecule has 2 amide bonds. The SMILES string of the molecule is COc1ccc2c(c1OC)C(=O)N1c3ccccc3C(=O)N(CC(=O)O)[C@H]21. The Labute approximate surface area is 154 Å². The molecule has 8 heteroatoms. The molecule has 27 heavy (non-hydrogen) atoms. The number of para-hydroxylation sites is 1. The molecule has 0 aliphatic carbocycles. The van der Waals surface area contributed by atoms with Gasteiger partial charge < -0.3 is 19.5 Å². The third-order valence-corrected chi connectivity index (χ3v) is 4.79. The number of methoxy groups -OCH3 is 2. The van der Waals surface area contributed by atoms with Crippen LogP contribution in [0.4, 0.5) is 5.69 Å². The Hall–Kier alpha value is -3.55. The summed E-state index contributed by atoms with van der Waals surface area (Å²) in [4.78, 5) is 40.2. The van der Waals surface area contributed by atoms with Gasteiger partial charge in [-0.3, -0.25) is 19.3 Å². The zero-order valence-electron chi connectivity index (χ0n) is 14.6. The summed E-state index contributed by atoms with van der Waals surface area (Å²) in [6, 6.07) is 9.95. The minimum atomic E-state index is -1.16. The van der Waals surface area contributed by atoms with Crippen LogP contribution in [0.3, 0.4) is 0 Å². The Balaban J connectivity index is 1.99. The molecule has 2 heterocycles. The minimum Gasteiger partial charge on any atom is -0.493 e. The highest BCUT2D eigenvalue weighted by atomic mass is 16.5. The van der Waals surface area contributed by atoms with Gasteiger partial charge in [0.1, 0.15) is 12.7 Å². The summed E-state index contributed by atoms with van der Waals surface area (Å²) in [5.41, 5.74) is 1.49. The maximum Gasteiger partial charge on any atom is 0.323 e. The van der Waals surface area contributed by atoms with Gasteiger partial charge in [0.25, 0.3) is 11.8 Å². The van der Waals surface area contributed by atoms with E-state index in [9.17, 15) is 19.5 Å². The number of rotatable bonds is 4. The van der Waals surface area contributed by atoms with Gasteiger partial charge in [-0.2, -0.15) is 0 Å². The summed E-state index contributed by atoms with van der Waals surface area (Å²) >= 11 is 0. The lowest BCUT2D eigenvalue weighted by atomic mass is 10.0. The van der Waals surface area contributed by atoms with Gasteiger partial charge in [-0.15, -0.1) is 0 Å². The average Bonchev–Trinajstić information content (AvgIpc) is 2.97. The van der Waals surface area contributed by atoms with Gasteiger partial charge in [-0.25, -0.2) is 0 Å². The maximum absolute atomic E-state index is 13.3. The number of carbonyl (C=O) groups is 3. The fourth-order valence-electron chi connectivity index (χ4n) is 3.73. The highest BCUT2D eigenvalue weighted by molar-refractivity contribution is 6.18. The van der Waals surface area contributed by atoms with E-state index in [1.807, 2.05) is 0 Å². The van der Waals surface area contributed by atoms with Gasteiger partial charge in [0.05, 0.1) is 31.0 Å². The summed E-state index contributed by atoms with van der Waals surface area (Å²) in [6.07, 6.45) is -0.856. The van der Waals surface area contributed by atoms with Crippen LogP contribution in [0, 0.1) is 0 Å². The highest BCUT2D eigenvalue weighted by Crippen LogP contribution is 2.49. The van der Waals surface area contributed by atoms with Crippen molar-refractivity contribution in [2.45, 2.75) is 6.17 Å². The molecule has 0 aromatic heterocycles. The van der Waals surface area contributed by atoms with Crippen LogP contribution < -0.4 is 14.4 Å². The molecule has 0 saturated carbocycles. The van der Waals surface area contributed by atoms with E-state index in [0.29, 0.717) is 17.0 Å². The van der Waals surface area contributed by atoms with Crippen LogP contribution in [-0.4, -0.2) is 48.6 Å². The molecular weight excluding hydrogens is 352 g/mol. The van der Waals surface area contributed by atoms with Crippen LogP contribution in [0.2, 0.25) is 0 Å². The summed E-state index contributed by atoms with van der Waals surface area (Å²) in [5.74, 6) is -1.33. The number of hydrogen-bond donors (Lipinski definition) is 1. The number of ether oxygens (including phenoxy) is 2. The molecule has 2 aromatic carbocycles. The molecule has 0 unspecified atom stereocenters. The number of aliphatic carboxylic acids is 1. The van der Waals surface area contributed by atoms with Gasteiger partial charge in [0.2, 0.25) is 0 Å². The van der Waals surface area contributed by atoms with Gasteiger partial charge in [-0.1, -0.05) is 18.2 Å². The van der Waals surface area contributed by atoms with Crippen molar-refractivity contribution in [3.8, 4) is 11.5 Å². The molecular formula is C19H16N2O6. The standard InChI is InChI=1S/C19H16N2O6/c1-26-13-8-7-11-15(16(13)27-2)19(25)21-12-6-4-3-5-10(12)18(24)20(17(11)21)9-14(22)23/h3-8,17H,9H2,1-2H3,(H,22,23)/t17-/m0/s1. The van der Waals surface area contributed by atoms with E-state index in [0.717, 1.165) is 0 Å². The Morgan fingerprint density at radius 3 is 2.48 bits per heavy atom. The number of nitrogens with zero attached hydrogens (tertiary/aromatic N) is 2. The number of anilines is 1. The van der Waals surface area contributed by atoms with Crippen molar-refractivity contribution in [2.75, 3.05) is 25.7 Å². The summed E-state index contributed by atoms with van der Waals surface area (Å²) in [7, 11) is 2.89. The highest BCUT2D eigenvalue weighted by Gasteiger charge is 2.50. The molecule has 0 fully saturated rings. The van der Waals surface area contributed by atoms with E-state index in [4.69, 9.17) is 9.47 Å². The van der Waals surface area contributed by atoms with Crippen molar-refractivity contribution in [1.29, 1.82) is 0 Å². The molecule has 8 nitrogen and oxygen atoms in total. The van der Waals surface area contributed by atoms with E-state index >= 15 is 0 Å². The first-order chi connectivity index (χ1) is 13.0. The van der Waals surface area contributed by atoms with E-state index < -0.39 is 24.6 Å². The molecule has 0 radical (unpaired) electrons. The van der Waals surface area contributed by atoms with Crippen molar-refractivity contribution in [2.24, 2.45) is 0 Å². The summed E-state index contributed by atoms with van der Waals surface area (Å²) < 4.78 is 10.7. The fraction of sp³-hybridized carbons (Fsp3) is 0.211.